The maximum absolute atomic E-state index is 12.0. The summed E-state index contributed by atoms with van der Waals surface area (Å²) in [6, 6.07) is 13.4. The number of nitrogens with two attached hydrogens (primary N) is 1. The van der Waals surface area contributed by atoms with Crippen molar-refractivity contribution in [3.63, 3.8) is 0 Å². The molecule has 0 saturated heterocycles. The van der Waals surface area contributed by atoms with E-state index in [1.807, 2.05) is 49.2 Å². The summed E-state index contributed by atoms with van der Waals surface area (Å²) >= 11 is 0. The molecular formula is C16H19N3O. The third-order valence-corrected chi connectivity index (χ3v) is 3.28. The highest BCUT2D eigenvalue weighted by Gasteiger charge is 2.14. The summed E-state index contributed by atoms with van der Waals surface area (Å²) in [5.41, 5.74) is 10.1. The van der Waals surface area contributed by atoms with Gasteiger partial charge in [-0.3, -0.25) is 4.79 Å². The monoisotopic (exact) mass is 269 g/mol. The maximum atomic E-state index is 12.0. The molecule has 4 nitrogen and oxygen atoms in total. The number of carbonyl (C=O) groups excluding carboxylic acids is 1. The van der Waals surface area contributed by atoms with Crippen LogP contribution in [-0.2, 0) is 0 Å². The van der Waals surface area contributed by atoms with Crippen molar-refractivity contribution in [2.45, 2.75) is 6.92 Å². The summed E-state index contributed by atoms with van der Waals surface area (Å²) in [5, 5.41) is 2.65. The van der Waals surface area contributed by atoms with Crippen LogP contribution in [0.2, 0.25) is 0 Å². The number of anilines is 3. The molecule has 0 unspecified atom stereocenters. The van der Waals surface area contributed by atoms with Gasteiger partial charge in [0.25, 0.3) is 5.91 Å². The van der Waals surface area contributed by atoms with Gasteiger partial charge in [0, 0.05) is 25.5 Å². The molecule has 3 N–H and O–H groups in total. The van der Waals surface area contributed by atoms with E-state index in [4.69, 9.17) is 5.73 Å². The molecule has 0 aromatic heterocycles. The van der Waals surface area contributed by atoms with Crippen LogP contribution in [-0.4, -0.2) is 20.0 Å². The average Bonchev–Trinajstić information content (AvgIpc) is 2.46. The SMILES string of the molecule is CNC(=O)c1ccc(N)cc1N(C)c1ccc(C)cc1. The van der Waals surface area contributed by atoms with Crippen molar-refractivity contribution in [3.8, 4) is 0 Å². The Morgan fingerprint density at radius 1 is 1.15 bits per heavy atom. The summed E-state index contributed by atoms with van der Waals surface area (Å²) in [7, 11) is 3.54. The molecule has 0 heterocycles. The molecule has 0 bridgehead atoms. The standard InChI is InChI=1S/C16H19N3O/c1-11-4-7-13(8-5-11)19(3)15-10-12(17)6-9-14(15)16(20)18-2/h4-10H,17H2,1-3H3,(H,18,20). The van der Waals surface area contributed by atoms with Gasteiger partial charge in [-0.15, -0.1) is 0 Å². The minimum absolute atomic E-state index is 0.126. The third-order valence-electron chi connectivity index (χ3n) is 3.28. The van der Waals surface area contributed by atoms with Crippen LogP contribution < -0.4 is 16.0 Å². The number of nitrogen functional groups attached to an aromatic ring is 1. The van der Waals surface area contributed by atoms with Crippen LogP contribution in [0.5, 0.6) is 0 Å². The highest BCUT2D eigenvalue weighted by atomic mass is 16.1. The first-order valence-electron chi connectivity index (χ1n) is 6.45. The summed E-state index contributed by atoms with van der Waals surface area (Å²) in [6.45, 7) is 2.04. The van der Waals surface area contributed by atoms with Crippen LogP contribution in [0.25, 0.3) is 0 Å². The quantitative estimate of drug-likeness (QED) is 0.842. The number of amides is 1. The lowest BCUT2D eigenvalue weighted by molar-refractivity contribution is 0.0963. The molecular weight excluding hydrogens is 250 g/mol. The molecule has 2 aromatic carbocycles. The molecule has 0 aliphatic rings. The van der Waals surface area contributed by atoms with E-state index in [1.165, 1.54) is 5.56 Å². The number of aryl methyl sites for hydroxylation is 1. The Morgan fingerprint density at radius 3 is 2.40 bits per heavy atom. The van der Waals surface area contributed by atoms with Crippen molar-refractivity contribution < 1.29 is 4.79 Å². The van der Waals surface area contributed by atoms with Gasteiger partial charge in [-0.2, -0.15) is 0 Å². The zero-order valence-corrected chi connectivity index (χ0v) is 12.0. The first-order chi connectivity index (χ1) is 9.52. The Bertz CT molecular complexity index is 620. The Labute approximate surface area is 119 Å². The fourth-order valence-electron chi connectivity index (χ4n) is 2.06. The van der Waals surface area contributed by atoms with E-state index in [1.54, 1.807) is 19.2 Å². The van der Waals surface area contributed by atoms with Crippen molar-refractivity contribution in [2.24, 2.45) is 0 Å². The highest BCUT2D eigenvalue weighted by Crippen LogP contribution is 2.29. The number of nitrogens with one attached hydrogen (secondary N) is 1. The minimum atomic E-state index is -0.126. The zero-order chi connectivity index (χ0) is 14.7. The smallest absolute Gasteiger partial charge is 0.253 e. The minimum Gasteiger partial charge on any atom is -0.399 e. The summed E-state index contributed by atoms with van der Waals surface area (Å²) < 4.78 is 0. The first kappa shape index (κ1) is 13.9. The Balaban J connectivity index is 2.47. The number of hydrogen-bond acceptors (Lipinski definition) is 3. The number of hydrogen-bond donors (Lipinski definition) is 2. The molecule has 2 aromatic rings. The molecule has 0 atom stereocenters. The molecule has 20 heavy (non-hydrogen) atoms. The van der Waals surface area contributed by atoms with E-state index >= 15 is 0 Å². The molecule has 0 fully saturated rings. The fraction of sp³-hybridized carbons (Fsp3) is 0.188. The number of carbonyl (C=O) groups is 1. The third kappa shape index (κ3) is 2.74. The molecule has 1 amide bonds. The second-order valence-electron chi connectivity index (χ2n) is 4.75. The molecule has 0 aliphatic carbocycles. The average molecular weight is 269 g/mol. The number of rotatable bonds is 3. The number of benzene rings is 2. The van der Waals surface area contributed by atoms with Crippen LogP contribution in [0.1, 0.15) is 15.9 Å². The van der Waals surface area contributed by atoms with Gasteiger partial charge in [-0.1, -0.05) is 17.7 Å². The Kier molecular flexibility index (Phi) is 3.94. The Morgan fingerprint density at radius 2 is 1.80 bits per heavy atom. The molecule has 104 valence electrons. The van der Waals surface area contributed by atoms with E-state index in [2.05, 4.69) is 5.32 Å². The van der Waals surface area contributed by atoms with Crippen molar-refractivity contribution in [1.82, 2.24) is 5.32 Å². The molecule has 0 radical (unpaired) electrons. The Hall–Kier alpha value is -2.49. The lowest BCUT2D eigenvalue weighted by Crippen LogP contribution is -2.22. The van der Waals surface area contributed by atoms with Gasteiger partial charge in [-0.25, -0.2) is 0 Å². The second-order valence-corrected chi connectivity index (χ2v) is 4.75. The zero-order valence-electron chi connectivity index (χ0n) is 12.0. The first-order valence-corrected chi connectivity index (χ1v) is 6.45. The van der Waals surface area contributed by atoms with E-state index in [-0.39, 0.29) is 5.91 Å². The molecule has 0 saturated carbocycles. The van der Waals surface area contributed by atoms with E-state index in [0.717, 1.165) is 11.4 Å². The van der Waals surface area contributed by atoms with E-state index in [9.17, 15) is 4.79 Å². The van der Waals surface area contributed by atoms with Crippen LogP contribution in [0.3, 0.4) is 0 Å². The van der Waals surface area contributed by atoms with Gasteiger partial charge >= 0.3 is 0 Å². The lowest BCUT2D eigenvalue weighted by atomic mass is 10.1. The maximum Gasteiger partial charge on any atom is 0.253 e. The van der Waals surface area contributed by atoms with Crippen LogP contribution in [0.15, 0.2) is 42.5 Å². The van der Waals surface area contributed by atoms with Gasteiger partial charge in [0.15, 0.2) is 0 Å². The van der Waals surface area contributed by atoms with Gasteiger partial charge in [0.2, 0.25) is 0 Å². The van der Waals surface area contributed by atoms with E-state index in [0.29, 0.717) is 11.3 Å². The van der Waals surface area contributed by atoms with Crippen molar-refractivity contribution in [2.75, 3.05) is 24.7 Å². The lowest BCUT2D eigenvalue weighted by Gasteiger charge is -2.22. The van der Waals surface area contributed by atoms with Gasteiger partial charge in [-0.05, 0) is 37.3 Å². The van der Waals surface area contributed by atoms with Gasteiger partial charge in [0.1, 0.15) is 0 Å². The summed E-state index contributed by atoms with van der Waals surface area (Å²) in [6.07, 6.45) is 0. The molecule has 0 aliphatic heterocycles. The van der Waals surface area contributed by atoms with Crippen LogP contribution in [0, 0.1) is 6.92 Å². The second kappa shape index (κ2) is 5.65. The summed E-state index contributed by atoms with van der Waals surface area (Å²) in [4.78, 5) is 13.9. The van der Waals surface area contributed by atoms with Crippen LogP contribution in [0.4, 0.5) is 17.1 Å². The van der Waals surface area contributed by atoms with Crippen molar-refractivity contribution in [1.29, 1.82) is 0 Å². The highest BCUT2D eigenvalue weighted by molar-refractivity contribution is 6.01. The molecule has 2 rings (SSSR count). The predicted molar refractivity (Wildman–Crippen MR) is 83.5 cm³/mol. The van der Waals surface area contributed by atoms with Crippen molar-refractivity contribution in [3.05, 3.63) is 53.6 Å². The van der Waals surface area contributed by atoms with Crippen molar-refractivity contribution >= 4 is 23.0 Å². The predicted octanol–water partition coefficient (Wildman–Crippen LogP) is 2.70. The largest absolute Gasteiger partial charge is 0.399 e. The summed E-state index contributed by atoms with van der Waals surface area (Å²) in [5.74, 6) is -0.126. The van der Waals surface area contributed by atoms with Gasteiger partial charge < -0.3 is 16.0 Å². The topological polar surface area (TPSA) is 58.4 Å². The molecule has 4 heteroatoms. The van der Waals surface area contributed by atoms with E-state index < -0.39 is 0 Å². The molecule has 0 spiro atoms. The fourth-order valence-corrected chi connectivity index (χ4v) is 2.06. The normalized spacial score (nSPS) is 10.2. The number of nitrogens with zero attached hydrogens (tertiary/aromatic N) is 1. The van der Waals surface area contributed by atoms with Crippen LogP contribution >= 0.6 is 0 Å². The van der Waals surface area contributed by atoms with Gasteiger partial charge in [0.05, 0.1) is 11.3 Å².